The second-order valence-electron chi connectivity index (χ2n) is 5.97. The van der Waals surface area contributed by atoms with Gasteiger partial charge in [0.05, 0.1) is 11.8 Å². The average Bonchev–Trinajstić information content (AvgIpc) is 3.18. The van der Waals surface area contributed by atoms with Gasteiger partial charge >= 0.3 is 0 Å². The maximum Gasteiger partial charge on any atom is 0.257 e. The molecule has 0 aromatic carbocycles. The number of amides is 1. The Morgan fingerprint density at radius 2 is 2.36 bits per heavy atom. The van der Waals surface area contributed by atoms with Crippen LogP contribution >= 0.6 is 0 Å². The maximum atomic E-state index is 12.8. The van der Waals surface area contributed by atoms with Crippen LogP contribution in [-0.2, 0) is 6.54 Å². The molecule has 6 heteroatoms. The van der Waals surface area contributed by atoms with Gasteiger partial charge in [0.1, 0.15) is 0 Å². The Morgan fingerprint density at radius 1 is 1.50 bits per heavy atom. The number of nitrogens with zero attached hydrogens (tertiary/aromatic N) is 4. The standard InChI is InChI=1S/C16H23N5O/c1-3-8-21-12(2)14(10-18-21)16(22)20-9-4-5-13(11-20)15-6-7-17-19-15/h6-7,10,13H,3-5,8-9,11H2,1-2H3,(H,17,19)/t13-/m1/s1. The third kappa shape index (κ3) is 2.77. The van der Waals surface area contributed by atoms with Crippen LogP contribution in [0.15, 0.2) is 18.5 Å². The highest BCUT2D eigenvalue weighted by Gasteiger charge is 2.27. The van der Waals surface area contributed by atoms with Gasteiger partial charge in [0.2, 0.25) is 0 Å². The van der Waals surface area contributed by atoms with Gasteiger partial charge in [-0.15, -0.1) is 0 Å². The van der Waals surface area contributed by atoms with Crippen molar-refractivity contribution >= 4 is 5.91 Å². The average molecular weight is 301 g/mol. The minimum atomic E-state index is 0.101. The molecule has 0 spiro atoms. The number of nitrogens with one attached hydrogen (secondary N) is 1. The van der Waals surface area contributed by atoms with E-state index < -0.39 is 0 Å². The lowest BCUT2D eigenvalue weighted by Gasteiger charge is -2.32. The molecule has 1 atom stereocenters. The van der Waals surface area contributed by atoms with Gasteiger partial charge in [-0.3, -0.25) is 14.6 Å². The van der Waals surface area contributed by atoms with E-state index in [1.54, 1.807) is 12.4 Å². The van der Waals surface area contributed by atoms with Gasteiger partial charge < -0.3 is 4.90 Å². The van der Waals surface area contributed by atoms with E-state index in [9.17, 15) is 4.79 Å². The predicted octanol–water partition coefficient (Wildman–Crippen LogP) is 2.34. The number of carbonyl (C=O) groups excluding carboxylic acids is 1. The third-order valence-corrected chi connectivity index (χ3v) is 4.44. The number of hydrogen-bond acceptors (Lipinski definition) is 3. The number of piperidine rings is 1. The van der Waals surface area contributed by atoms with E-state index in [4.69, 9.17) is 0 Å². The lowest BCUT2D eigenvalue weighted by atomic mass is 9.94. The largest absolute Gasteiger partial charge is 0.338 e. The fourth-order valence-electron chi connectivity index (χ4n) is 3.17. The first-order valence-corrected chi connectivity index (χ1v) is 8.01. The molecule has 6 nitrogen and oxygen atoms in total. The van der Waals surface area contributed by atoms with Gasteiger partial charge in [-0.1, -0.05) is 6.92 Å². The molecule has 1 fully saturated rings. The van der Waals surface area contributed by atoms with Crippen LogP contribution in [0.5, 0.6) is 0 Å². The molecular weight excluding hydrogens is 278 g/mol. The first-order chi connectivity index (χ1) is 10.7. The van der Waals surface area contributed by atoms with Crippen molar-refractivity contribution in [2.75, 3.05) is 13.1 Å². The molecule has 1 aliphatic heterocycles. The number of hydrogen-bond donors (Lipinski definition) is 1. The van der Waals surface area contributed by atoms with Crippen molar-refractivity contribution in [3.8, 4) is 0 Å². The summed E-state index contributed by atoms with van der Waals surface area (Å²) in [5.74, 6) is 0.454. The first-order valence-electron chi connectivity index (χ1n) is 8.01. The number of aryl methyl sites for hydroxylation is 1. The van der Waals surface area contributed by atoms with E-state index >= 15 is 0 Å². The summed E-state index contributed by atoms with van der Waals surface area (Å²) >= 11 is 0. The van der Waals surface area contributed by atoms with Crippen molar-refractivity contribution in [1.29, 1.82) is 0 Å². The smallest absolute Gasteiger partial charge is 0.257 e. The predicted molar refractivity (Wildman–Crippen MR) is 83.7 cm³/mol. The van der Waals surface area contributed by atoms with Gasteiger partial charge in [-0.25, -0.2) is 0 Å². The quantitative estimate of drug-likeness (QED) is 0.942. The van der Waals surface area contributed by atoms with Crippen molar-refractivity contribution < 1.29 is 4.79 Å². The van der Waals surface area contributed by atoms with Crippen molar-refractivity contribution in [2.24, 2.45) is 0 Å². The van der Waals surface area contributed by atoms with E-state index in [1.165, 1.54) is 0 Å². The summed E-state index contributed by atoms with van der Waals surface area (Å²) in [5.41, 5.74) is 2.82. The minimum absolute atomic E-state index is 0.101. The van der Waals surface area contributed by atoms with Crippen LogP contribution in [0.3, 0.4) is 0 Å². The Morgan fingerprint density at radius 3 is 3.09 bits per heavy atom. The lowest BCUT2D eigenvalue weighted by molar-refractivity contribution is 0.0705. The van der Waals surface area contributed by atoms with E-state index in [-0.39, 0.29) is 5.91 Å². The summed E-state index contributed by atoms with van der Waals surface area (Å²) in [6.07, 6.45) is 6.63. The summed E-state index contributed by atoms with van der Waals surface area (Å²) in [7, 11) is 0. The summed E-state index contributed by atoms with van der Waals surface area (Å²) in [4.78, 5) is 14.8. The fourth-order valence-corrected chi connectivity index (χ4v) is 3.17. The zero-order valence-electron chi connectivity index (χ0n) is 13.2. The molecule has 1 saturated heterocycles. The molecule has 2 aromatic rings. The molecular formula is C16H23N5O. The van der Waals surface area contributed by atoms with Crippen LogP contribution in [0.2, 0.25) is 0 Å². The van der Waals surface area contributed by atoms with E-state index in [0.29, 0.717) is 5.92 Å². The van der Waals surface area contributed by atoms with Crippen LogP contribution < -0.4 is 0 Å². The molecule has 0 saturated carbocycles. The lowest BCUT2D eigenvalue weighted by Crippen LogP contribution is -2.39. The van der Waals surface area contributed by atoms with Crippen molar-refractivity contribution in [2.45, 2.75) is 45.6 Å². The molecule has 3 heterocycles. The van der Waals surface area contributed by atoms with Gasteiger partial charge in [0.25, 0.3) is 5.91 Å². The zero-order chi connectivity index (χ0) is 15.5. The molecule has 1 aliphatic rings. The molecule has 0 unspecified atom stereocenters. The molecule has 0 bridgehead atoms. The van der Waals surface area contributed by atoms with Crippen LogP contribution in [0, 0.1) is 6.92 Å². The van der Waals surface area contributed by atoms with Crippen molar-refractivity contribution in [3.63, 3.8) is 0 Å². The number of aromatic amines is 1. The summed E-state index contributed by atoms with van der Waals surface area (Å²) in [6.45, 7) is 6.52. The Hall–Kier alpha value is -2.11. The van der Waals surface area contributed by atoms with Crippen molar-refractivity contribution in [1.82, 2.24) is 24.9 Å². The van der Waals surface area contributed by atoms with E-state index in [0.717, 1.165) is 55.8 Å². The zero-order valence-corrected chi connectivity index (χ0v) is 13.2. The highest BCUT2D eigenvalue weighted by atomic mass is 16.2. The number of rotatable bonds is 4. The number of likely N-dealkylation sites (tertiary alicyclic amines) is 1. The Kier molecular flexibility index (Phi) is 4.27. The van der Waals surface area contributed by atoms with E-state index in [2.05, 4.69) is 22.2 Å². The van der Waals surface area contributed by atoms with Crippen LogP contribution in [0.1, 0.15) is 53.8 Å². The highest BCUT2D eigenvalue weighted by molar-refractivity contribution is 5.95. The first kappa shape index (κ1) is 14.8. The molecule has 0 aliphatic carbocycles. The Labute approximate surface area is 130 Å². The second-order valence-corrected chi connectivity index (χ2v) is 5.97. The minimum Gasteiger partial charge on any atom is -0.338 e. The molecule has 0 radical (unpaired) electrons. The van der Waals surface area contributed by atoms with E-state index in [1.807, 2.05) is 22.6 Å². The third-order valence-electron chi connectivity index (χ3n) is 4.44. The van der Waals surface area contributed by atoms with Gasteiger partial charge in [-0.05, 0) is 32.3 Å². The molecule has 2 aromatic heterocycles. The van der Waals surface area contributed by atoms with Gasteiger partial charge in [0, 0.05) is 43.1 Å². The number of H-pyrrole nitrogens is 1. The Balaban J connectivity index is 1.74. The van der Waals surface area contributed by atoms with Gasteiger partial charge in [-0.2, -0.15) is 10.2 Å². The highest BCUT2D eigenvalue weighted by Crippen LogP contribution is 2.26. The molecule has 118 valence electrons. The second kappa shape index (κ2) is 6.34. The van der Waals surface area contributed by atoms with Gasteiger partial charge in [0.15, 0.2) is 0 Å². The molecule has 22 heavy (non-hydrogen) atoms. The Bertz CT molecular complexity index is 631. The summed E-state index contributed by atoms with van der Waals surface area (Å²) in [5, 5.41) is 11.4. The molecule has 1 amide bonds. The van der Waals surface area contributed by atoms with Crippen molar-refractivity contribution in [3.05, 3.63) is 35.4 Å². The monoisotopic (exact) mass is 301 g/mol. The topological polar surface area (TPSA) is 66.8 Å². The fraction of sp³-hybridized carbons (Fsp3) is 0.562. The maximum absolute atomic E-state index is 12.8. The molecule has 1 N–H and O–H groups in total. The number of aromatic nitrogens is 4. The normalized spacial score (nSPS) is 18.6. The molecule has 3 rings (SSSR count). The van der Waals surface area contributed by atoms with Crippen LogP contribution in [-0.4, -0.2) is 43.9 Å². The SMILES string of the molecule is CCCn1ncc(C(=O)N2CCC[C@@H](c3ccn[nH]3)C2)c1C. The number of carbonyl (C=O) groups is 1. The summed E-state index contributed by atoms with van der Waals surface area (Å²) < 4.78 is 1.92. The van der Waals surface area contributed by atoms with Crippen LogP contribution in [0.4, 0.5) is 0 Å². The van der Waals surface area contributed by atoms with Crippen LogP contribution in [0.25, 0.3) is 0 Å². The summed E-state index contributed by atoms with van der Waals surface area (Å²) in [6, 6.07) is 2.00.